The van der Waals surface area contributed by atoms with Crippen LogP contribution >= 0.6 is 0 Å². The zero-order valence-corrected chi connectivity index (χ0v) is 42.4. The monoisotopic (exact) mass is 949 g/mol. The Bertz CT molecular complexity index is 1190. The van der Waals surface area contributed by atoms with Crippen LogP contribution in [0.1, 0.15) is 251 Å². The molecule has 0 saturated carbocycles. The average Bonchev–Trinajstić information content (AvgIpc) is 3.28. The molecule has 1 aliphatic heterocycles. The van der Waals surface area contributed by atoms with E-state index in [4.69, 9.17) is 18.9 Å². The van der Waals surface area contributed by atoms with E-state index in [1.807, 2.05) is 0 Å². The molecule has 0 radical (unpaired) electrons. The highest BCUT2D eigenvalue weighted by atomic mass is 32.3. The molecule has 1 heterocycles. The fourth-order valence-corrected chi connectivity index (χ4v) is 9.06. The van der Waals surface area contributed by atoms with E-state index in [0.717, 1.165) is 57.8 Å². The minimum absolute atomic E-state index is 0.0389. The lowest BCUT2D eigenvalue weighted by Crippen LogP contribution is -2.60. The van der Waals surface area contributed by atoms with E-state index >= 15 is 0 Å². The van der Waals surface area contributed by atoms with Crippen molar-refractivity contribution in [2.75, 3.05) is 26.4 Å². The smallest absolute Gasteiger partial charge is 0.397 e. The Labute approximate surface area is 398 Å². The Morgan fingerprint density at radius 3 is 1.38 bits per heavy atom. The molecule has 6 unspecified atom stereocenters. The molecule has 0 aromatic carbocycles. The number of aliphatic hydroxyl groups excluding tert-OH is 3. The summed E-state index contributed by atoms with van der Waals surface area (Å²) in [6.07, 6.45) is 41.1. The highest BCUT2D eigenvalue weighted by molar-refractivity contribution is 7.80. The van der Waals surface area contributed by atoms with Crippen LogP contribution in [-0.2, 0) is 38.3 Å². The Balaban J connectivity index is 2.30. The van der Waals surface area contributed by atoms with Gasteiger partial charge < -0.3 is 34.3 Å². The van der Waals surface area contributed by atoms with Gasteiger partial charge in [0.1, 0.15) is 30.5 Å². The summed E-state index contributed by atoms with van der Waals surface area (Å²) in [7, 11) is -5.06. The number of rotatable bonds is 48. The predicted molar refractivity (Wildman–Crippen MR) is 262 cm³/mol. The minimum Gasteiger partial charge on any atom is -0.457 e. The van der Waals surface area contributed by atoms with E-state index < -0.39 is 59.8 Å². The number of aliphatic hydroxyl groups is 3. The molecule has 13 heteroatoms. The van der Waals surface area contributed by atoms with Gasteiger partial charge in [-0.05, 0) is 38.5 Å². The number of unbranched alkanes of at least 4 members (excludes halogenated alkanes) is 33. The lowest BCUT2D eigenvalue weighted by atomic mass is 9.99. The second-order valence-electron chi connectivity index (χ2n) is 18.8. The van der Waals surface area contributed by atoms with E-state index in [1.54, 1.807) is 0 Å². The van der Waals surface area contributed by atoms with Crippen molar-refractivity contribution in [2.24, 2.45) is 0 Å². The standard InChI is InChI=1S/C52H100O12S/c1-3-5-7-9-11-13-15-17-19-20-21-22-23-24-25-26-28-30-32-34-36-38-40-42-60-44-46(45-61-52-50(56)51(64-65(57,58)59)49(55)47(43-53)63-52)62-48(54)41-39-37-35-33-31-29-27-18-16-14-12-10-8-6-4-2/h18,27,46-47,49-53,55-56H,3-17,19-26,28-45H2,1-2H3,(H,57,58,59)/b27-18-. The van der Waals surface area contributed by atoms with Crippen molar-refractivity contribution in [3.8, 4) is 0 Å². The van der Waals surface area contributed by atoms with Gasteiger partial charge >= 0.3 is 16.4 Å². The van der Waals surface area contributed by atoms with Crippen LogP contribution < -0.4 is 0 Å². The Morgan fingerprint density at radius 2 is 0.969 bits per heavy atom. The maximum absolute atomic E-state index is 12.9. The normalized spacial score (nSPS) is 19.6. The van der Waals surface area contributed by atoms with Crippen LogP contribution in [-0.4, -0.2) is 97.5 Å². The van der Waals surface area contributed by atoms with Crippen molar-refractivity contribution in [1.82, 2.24) is 0 Å². The Morgan fingerprint density at radius 1 is 0.569 bits per heavy atom. The maximum atomic E-state index is 12.9. The van der Waals surface area contributed by atoms with E-state index in [0.29, 0.717) is 13.0 Å². The zero-order chi connectivity index (χ0) is 47.5. The number of esters is 1. The minimum atomic E-state index is -5.06. The summed E-state index contributed by atoms with van der Waals surface area (Å²) >= 11 is 0. The largest absolute Gasteiger partial charge is 0.457 e. The third-order valence-corrected chi connectivity index (χ3v) is 13.1. The second kappa shape index (κ2) is 44.1. The van der Waals surface area contributed by atoms with Gasteiger partial charge in [0.15, 0.2) is 6.29 Å². The van der Waals surface area contributed by atoms with Crippen molar-refractivity contribution in [3.05, 3.63) is 12.2 Å². The van der Waals surface area contributed by atoms with Gasteiger partial charge in [-0.25, -0.2) is 4.18 Å². The van der Waals surface area contributed by atoms with Gasteiger partial charge in [0.25, 0.3) is 0 Å². The van der Waals surface area contributed by atoms with E-state index in [9.17, 15) is 33.1 Å². The molecule has 4 N–H and O–H groups in total. The molecule has 0 amide bonds. The zero-order valence-electron chi connectivity index (χ0n) is 41.6. The van der Waals surface area contributed by atoms with Gasteiger partial charge in [-0.1, -0.05) is 219 Å². The summed E-state index contributed by atoms with van der Waals surface area (Å²) in [4.78, 5) is 12.9. The van der Waals surface area contributed by atoms with Crippen LogP contribution in [0.3, 0.4) is 0 Å². The lowest BCUT2D eigenvalue weighted by Gasteiger charge is -2.41. The van der Waals surface area contributed by atoms with Crippen LogP contribution in [0.15, 0.2) is 12.2 Å². The highest BCUT2D eigenvalue weighted by Gasteiger charge is 2.48. The van der Waals surface area contributed by atoms with Crippen LogP contribution in [0, 0.1) is 0 Å². The number of allylic oxidation sites excluding steroid dienone is 2. The van der Waals surface area contributed by atoms with Gasteiger partial charge in [0.2, 0.25) is 0 Å². The van der Waals surface area contributed by atoms with Gasteiger partial charge in [-0.15, -0.1) is 0 Å². The molecule has 65 heavy (non-hydrogen) atoms. The molecule has 1 saturated heterocycles. The van der Waals surface area contributed by atoms with Crippen LogP contribution in [0.5, 0.6) is 0 Å². The Hall–Kier alpha value is -1.16. The lowest BCUT2D eigenvalue weighted by molar-refractivity contribution is -0.301. The molecular weight excluding hydrogens is 849 g/mol. The highest BCUT2D eigenvalue weighted by Crippen LogP contribution is 2.26. The first kappa shape index (κ1) is 61.9. The van der Waals surface area contributed by atoms with Crippen LogP contribution in [0.2, 0.25) is 0 Å². The number of hydrogen-bond donors (Lipinski definition) is 4. The summed E-state index contributed by atoms with van der Waals surface area (Å²) in [5.41, 5.74) is 0. The maximum Gasteiger partial charge on any atom is 0.397 e. The van der Waals surface area contributed by atoms with Gasteiger partial charge in [-0.2, -0.15) is 8.42 Å². The van der Waals surface area contributed by atoms with Gasteiger partial charge in [0, 0.05) is 13.0 Å². The van der Waals surface area contributed by atoms with Crippen LogP contribution in [0.4, 0.5) is 0 Å². The van der Waals surface area contributed by atoms with Crippen molar-refractivity contribution >= 4 is 16.4 Å². The molecule has 1 rings (SSSR count). The third-order valence-electron chi connectivity index (χ3n) is 12.6. The fraction of sp³-hybridized carbons (Fsp3) is 0.942. The molecule has 386 valence electrons. The molecule has 6 atom stereocenters. The molecule has 0 aromatic rings. The number of ether oxygens (including phenoxy) is 4. The number of carbonyl (C=O) groups excluding carboxylic acids is 1. The van der Waals surface area contributed by atoms with E-state index in [-0.39, 0.29) is 19.6 Å². The third kappa shape index (κ3) is 37.4. The number of hydrogen-bond acceptors (Lipinski definition) is 11. The first-order valence-corrected chi connectivity index (χ1v) is 28.3. The topological polar surface area (TPSA) is 178 Å². The molecule has 12 nitrogen and oxygen atoms in total. The van der Waals surface area contributed by atoms with E-state index in [2.05, 4.69) is 30.2 Å². The predicted octanol–water partition coefficient (Wildman–Crippen LogP) is 12.6. The summed E-state index contributed by atoms with van der Waals surface area (Å²) in [5, 5.41) is 30.8. The fourth-order valence-electron chi connectivity index (χ4n) is 8.55. The van der Waals surface area contributed by atoms with Crippen molar-refractivity contribution in [2.45, 2.75) is 288 Å². The van der Waals surface area contributed by atoms with Crippen molar-refractivity contribution < 1.29 is 56.2 Å². The molecule has 1 fully saturated rings. The molecule has 0 aliphatic carbocycles. The summed E-state index contributed by atoms with van der Waals surface area (Å²) in [5.74, 6) is -0.402. The SMILES string of the molecule is CCCCCCCC/C=C\CCCCCCCC(=O)OC(COCCCCCCCCCCCCCCCCCCCCCCCCC)COC1OC(CO)C(O)C(OS(=O)(=O)O)C1O. The first-order valence-electron chi connectivity index (χ1n) is 26.9. The van der Waals surface area contributed by atoms with E-state index in [1.165, 1.54) is 167 Å². The van der Waals surface area contributed by atoms with Gasteiger partial charge in [-0.3, -0.25) is 9.35 Å². The summed E-state index contributed by atoms with van der Waals surface area (Å²) in [6.45, 7) is 4.03. The molecular formula is C52H100O12S. The molecule has 1 aliphatic rings. The molecule has 0 aromatic heterocycles. The van der Waals surface area contributed by atoms with Crippen molar-refractivity contribution in [3.63, 3.8) is 0 Å². The summed E-state index contributed by atoms with van der Waals surface area (Å²) in [6, 6.07) is 0. The molecule has 0 bridgehead atoms. The summed E-state index contributed by atoms with van der Waals surface area (Å²) < 4.78 is 59.3. The average molecular weight is 949 g/mol. The van der Waals surface area contributed by atoms with Crippen molar-refractivity contribution in [1.29, 1.82) is 0 Å². The Kier molecular flexibility index (Phi) is 41.9. The quantitative estimate of drug-likeness (QED) is 0.0197. The number of carbonyl (C=O) groups is 1. The first-order chi connectivity index (χ1) is 31.6. The molecule has 0 spiro atoms. The van der Waals surface area contributed by atoms with Crippen LogP contribution in [0.25, 0.3) is 0 Å². The second-order valence-corrected chi connectivity index (χ2v) is 19.9. The van der Waals surface area contributed by atoms with Gasteiger partial charge in [0.05, 0.1) is 19.8 Å².